The summed E-state index contributed by atoms with van der Waals surface area (Å²) in [5.41, 5.74) is 0. The van der Waals surface area contributed by atoms with Crippen molar-refractivity contribution in [2.45, 2.75) is 13.3 Å². The molecular formula is C13H24N4O4. The van der Waals surface area contributed by atoms with Crippen LogP contribution < -0.4 is 5.32 Å². The molecule has 21 heavy (non-hydrogen) atoms. The summed E-state index contributed by atoms with van der Waals surface area (Å²) in [5.74, 6) is -1.04. The Morgan fingerprint density at radius 1 is 1.19 bits per heavy atom. The van der Waals surface area contributed by atoms with Gasteiger partial charge < -0.3 is 20.2 Å². The minimum Gasteiger partial charge on any atom is -0.480 e. The predicted molar refractivity (Wildman–Crippen MR) is 77.0 cm³/mol. The quantitative estimate of drug-likeness (QED) is 0.698. The molecule has 0 unspecified atom stereocenters. The predicted octanol–water partition coefficient (Wildman–Crippen LogP) is -0.733. The van der Waals surface area contributed by atoms with E-state index in [1.54, 1.807) is 11.9 Å². The normalized spacial score (nSPS) is 16.2. The molecular weight excluding hydrogens is 276 g/mol. The molecule has 1 aliphatic heterocycles. The number of amides is 3. The van der Waals surface area contributed by atoms with E-state index in [0.717, 1.165) is 6.42 Å². The molecule has 0 spiro atoms. The third kappa shape index (κ3) is 5.99. The zero-order chi connectivity index (χ0) is 15.8. The molecule has 0 aromatic rings. The average Bonchev–Trinajstić information content (AvgIpc) is 2.63. The molecule has 1 aliphatic rings. The SMILES string of the molecule is CCNC(=O)CN(C)C(=O)N1CCCN(CC(=O)O)CC1. The number of aliphatic carboxylic acids is 1. The summed E-state index contributed by atoms with van der Waals surface area (Å²) < 4.78 is 0. The third-order valence-corrected chi connectivity index (χ3v) is 3.30. The Morgan fingerprint density at radius 3 is 2.52 bits per heavy atom. The molecule has 1 rings (SSSR count). The number of nitrogens with one attached hydrogen (secondary N) is 1. The van der Waals surface area contributed by atoms with Crippen LogP contribution in [0.1, 0.15) is 13.3 Å². The number of carboxylic acid groups (broad SMARTS) is 1. The van der Waals surface area contributed by atoms with E-state index in [1.807, 2.05) is 11.8 Å². The van der Waals surface area contributed by atoms with E-state index in [2.05, 4.69) is 5.32 Å². The van der Waals surface area contributed by atoms with Crippen LogP contribution in [0.3, 0.4) is 0 Å². The van der Waals surface area contributed by atoms with Gasteiger partial charge in [-0.25, -0.2) is 4.79 Å². The van der Waals surface area contributed by atoms with Crippen molar-refractivity contribution in [2.75, 3.05) is 52.9 Å². The monoisotopic (exact) mass is 300 g/mol. The van der Waals surface area contributed by atoms with E-state index in [0.29, 0.717) is 32.7 Å². The number of rotatable bonds is 5. The molecule has 0 radical (unpaired) electrons. The highest BCUT2D eigenvalue weighted by Crippen LogP contribution is 2.05. The van der Waals surface area contributed by atoms with E-state index < -0.39 is 5.97 Å². The van der Waals surface area contributed by atoms with E-state index in [1.165, 1.54) is 4.90 Å². The van der Waals surface area contributed by atoms with Crippen molar-refractivity contribution in [1.82, 2.24) is 20.0 Å². The van der Waals surface area contributed by atoms with Crippen LogP contribution in [-0.2, 0) is 9.59 Å². The van der Waals surface area contributed by atoms with Gasteiger partial charge in [-0.1, -0.05) is 0 Å². The first kappa shape index (κ1) is 17.2. The summed E-state index contributed by atoms with van der Waals surface area (Å²) in [5, 5.41) is 11.4. The molecule has 1 heterocycles. The third-order valence-electron chi connectivity index (χ3n) is 3.30. The maximum absolute atomic E-state index is 12.3. The molecule has 1 saturated heterocycles. The van der Waals surface area contributed by atoms with Gasteiger partial charge >= 0.3 is 12.0 Å². The van der Waals surface area contributed by atoms with Crippen LogP contribution in [0.5, 0.6) is 0 Å². The van der Waals surface area contributed by atoms with E-state index in [9.17, 15) is 14.4 Å². The Bertz CT molecular complexity index is 388. The fourth-order valence-electron chi connectivity index (χ4n) is 2.29. The van der Waals surface area contributed by atoms with E-state index >= 15 is 0 Å². The molecule has 8 nitrogen and oxygen atoms in total. The van der Waals surface area contributed by atoms with Crippen LogP contribution in [0.4, 0.5) is 4.79 Å². The van der Waals surface area contributed by atoms with Crippen molar-refractivity contribution >= 4 is 17.9 Å². The maximum Gasteiger partial charge on any atom is 0.320 e. The van der Waals surface area contributed by atoms with Crippen molar-refractivity contribution < 1.29 is 19.5 Å². The molecule has 0 aromatic heterocycles. The standard InChI is InChI=1S/C13H24N4O4/c1-3-14-11(18)9-15(2)13(21)17-6-4-5-16(7-8-17)10-12(19)20/h3-10H2,1-2H3,(H,14,18)(H,19,20). The van der Waals surface area contributed by atoms with Crippen LogP contribution in [0.15, 0.2) is 0 Å². The van der Waals surface area contributed by atoms with Gasteiger partial charge in [-0.3, -0.25) is 14.5 Å². The fraction of sp³-hybridized carbons (Fsp3) is 0.769. The second kappa shape index (κ2) is 8.46. The lowest BCUT2D eigenvalue weighted by Gasteiger charge is -2.26. The summed E-state index contributed by atoms with van der Waals surface area (Å²) in [7, 11) is 1.59. The molecule has 0 bridgehead atoms. The minimum atomic E-state index is -0.858. The van der Waals surface area contributed by atoms with Crippen molar-refractivity contribution in [2.24, 2.45) is 0 Å². The number of hydrogen-bond acceptors (Lipinski definition) is 4. The smallest absolute Gasteiger partial charge is 0.320 e. The number of nitrogens with zero attached hydrogens (tertiary/aromatic N) is 3. The summed E-state index contributed by atoms with van der Waals surface area (Å²) in [6.45, 7) is 4.64. The zero-order valence-electron chi connectivity index (χ0n) is 12.7. The van der Waals surface area contributed by atoms with Gasteiger partial charge in [0.15, 0.2) is 0 Å². The van der Waals surface area contributed by atoms with Crippen LogP contribution in [0.25, 0.3) is 0 Å². The summed E-state index contributed by atoms with van der Waals surface area (Å²) >= 11 is 0. The maximum atomic E-state index is 12.3. The lowest BCUT2D eigenvalue weighted by atomic mass is 10.4. The number of carboxylic acids is 1. The Hall–Kier alpha value is -1.83. The number of carbonyl (C=O) groups is 3. The van der Waals surface area contributed by atoms with Gasteiger partial charge in [-0.05, 0) is 13.3 Å². The molecule has 0 aromatic carbocycles. The number of urea groups is 1. The molecule has 120 valence electrons. The second-order valence-electron chi connectivity index (χ2n) is 5.10. The van der Waals surface area contributed by atoms with Crippen LogP contribution in [0, 0.1) is 0 Å². The van der Waals surface area contributed by atoms with Crippen LogP contribution in [0.2, 0.25) is 0 Å². The Kier molecular flexibility index (Phi) is 6.93. The van der Waals surface area contributed by atoms with E-state index in [4.69, 9.17) is 5.11 Å². The fourth-order valence-corrected chi connectivity index (χ4v) is 2.29. The minimum absolute atomic E-state index is 0.00320. The first-order valence-corrected chi connectivity index (χ1v) is 7.15. The van der Waals surface area contributed by atoms with Crippen molar-refractivity contribution in [3.63, 3.8) is 0 Å². The Labute approximate surface area is 124 Å². The second-order valence-corrected chi connectivity index (χ2v) is 5.10. The Balaban J connectivity index is 2.47. The molecule has 1 fully saturated rings. The molecule has 0 aliphatic carbocycles. The van der Waals surface area contributed by atoms with Gasteiger partial charge in [0.1, 0.15) is 6.54 Å². The average molecular weight is 300 g/mol. The molecule has 0 saturated carbocycles. The van der Waals surface area contributed by atoms with Crippen molar-refractivity contribution in [3.8, 4) is 0 Å². The molecule has 3 amide bonds. The molecule has 0 atom stereocenters. The van der Waals surface area contributed by atoms with Gasteiger partial charge in [-0.15, -0.1) is 0 Å². The van der Waals surface area contributed by atoms with Crippen LogP contribution >= 0.6 is 0 Å². The zero-order valence-corrected chi connectivity index (χ0v) is 12.7. The van der Waals surface area contributed by atoms with Gasteiger partial charge in [0.2, 0.25) is 5.91 Å². The topological polar surface area (TPSA) is 93.2 Å². The van der Waals surface area contributed by atoms with Crippen LogP contribution in [-0.4, -0.2) is 90.6 Å². The molecule has 2 N–H and O–H groups in total. The van der Waals surface area contributed by atoms with Gasteiger partial charge in [0, 0.05) is 39.8 Å². The summed E-state index contributed by atoms with van der Waals surface area (Å²) in [6.07, 6.45) is 0.730. The largest absolute Gasteiger partial charge is 0.480 e. The lowest BCUT2D eigenvalue weighted by Crippen LogP contribution is -2.46. The summed E-state index contributed by atoms with van der Waals surface area (Å²) in [6, 6.07) is -0.196. The first-order chi connectivity index (χ1) is 9.93. The Morgan fingerprint density at radius 2 is 1.90 bits per heavy atom. The van der Waals surface area contributed by atoms with E-state index in [-0.39, 0.29) is 25.0 Å². The highest BCUT2D eigenvalue weighted by atomic mass is 16.4. The van der Waals surface area contributed by atoms with Gasteiger partial charge in [0.25, 0.3) is 0 Å². The van der Waals surface area contributed by atoms with Gasteiger partial charge in [0.05, 0.1) is 6.54 Å². The summed E-state index contributed by atoms with van der Waals surface area (Å²) in [4.78, 5) is 39.3. The first-order valence-electron chi connectivity index (χ1n) is 7.15. The number of likely N-dealkylation sites (N-methyl/N-ethyl adjacent to an activating group) is 2. The highest BCUT2D eigenvalue weighted by molar-refractivity contribution is 5.83. The van der Waals surface area contributed by atoms with Crippen molar-refractivity contribution in [3.05, 3.63) is 0 Å². The lowest BCUT2D eigenvalue weighted by molar-refractivity contribution is -0.138. The number of hydrogen-bond donors (Lipinski definition) is 2. The van der Waals surface area contributed by atoms with Crippen molar-refractivity contribution in [1.29, 1.82) is 0 Å². The van der Waals surface area contributed by atoms with Gasteiger partial charge in [-0.2, -0.15) is 0 Å². The highest BCUT2D eigenvalue weighted by Gasteiger charge is 2.23. The molecule has 8 heteroatoms. The number of carbonyl (C=O) groups excluding carboxylic acids is 2.